The summed E-state index contributed by atoms with van der Waals surface area (Å²) in [5.41, 5.74) is 0.323. The first-order valence-corrected chi connectivity index (χ1v) is 6.24. The number of nitriles is 1. The summed E-state index contributed by atoms with van der Waals surface area (Å²) in [6, 6.07) is 8.86. The van der Waals surface area contributed by atoms with Gasteiger partial charge in [0.2, 0.25) is 5.91 Å². The summed E-state index contributed by atoms with van der Waals surface area (Å²) in [5, 5.41) is 17.9. The van der Waals surface area contributed by atoms with E-state index in [4.69, 9.17) is 10.4 Å². The van der Waals surface area contributed by atoms with Gasteiger partial charge in [0, 0.05) is 13.5 Å². The van der Waals surface area contributed by atoms with Crippen LogP contribution >= 0.6 is 0 Å². The number of carboxylic acids is 1. The minimum absolute atomic E-state index is 0.0769. The maximum absolute atomic E-state index is 12.2. The van der Waals surface area contributed by atoms with Crippen LogP contribution in [0.25, 0.3) is 0 Å². The van der Waals surface area contributed by atoms with Crippen molar-refractivity contribution in [2.24, 2.45) is 5.41 Å². The van der Waals surface area contributed by atoms with Crippen LogP contribution in [0.2, 0.25) is 0 Å². The molecule has 5 nitrogen and oxygen atoms in total. The fraction of sp³-hybridized carbons (Fsp3) is 0.400. The van der Waals surface area contributed by atoms with E-state index in [1.807, 2.05) is 6.07 Å². The topological polar surface area (TPSA) is 81.4 Å². The zero-order chi connectivity index (χ0) is 15.3. The molecule has 1 aromatic rings. The number of carbonyl (C=O) groups is 2. The molecule has 1 rings (SSSR count). The van der Waals surface area contributed by atoms with Crippen molar-refractivity contribution in [2.45, 2.75) is 26.7 Å². The molecule has 1 amide bonds. The van der Waals surface area contributed by atoms with Crippen LogP contribution in [-0.2, 0) is 9.59 Å². The Kier molecular flexibility index (Phi) is 4.87. The number of hydrogen-bond acceptors (Lipinski definition) is 3. The van der Waals surface area contributed by atoms with E-state index in [-0.39, 0.29) is 18.7 Å². The first-order chi connectivity index (χ1) is 9.26. The van der Waals surface area contributed by atoms with Crippen molar-refractivity contribution in [3.63, 3.8) is 0 Å². The molecule has 0 aliphatic rings. The number of amides is 1. The minimum atomic E-state index is -0.928. The van der Waals surface area contributed by atoms with E-state index in [9.17, 15) is 9.59 Å². The van der Waals surface area contributed by atoms with Gasteiger partial charge in [0.15, 0.2) is 0 Å². The van der Waals surface area contributed by atoms with Crippen molar-refractivity contribution < 1.29 is 14.7 Å². The largest absolute Gasteiger partial charge is 0.481 e. The second-order valence-corrected chi connectivity index (χ2v) is 5.49. The Morgan fingerprint density at radius 3 is 2.45 bits per heavy atom. The summed E-state index contributed by atoms with van der Waals surface area (Å²) in [7, 11) is 1.59. The van der Waals surface area contributed by atoms with Gasteiger partial charge in [0.1, 0.15) is 6.07 Å². The van der Waals surface area contributed by atoms with Gasteiger partial charge in [-0.05, 0) is 17.5 Å². The summed E-state index contributed by atoms with van der Waals surface area (Å²) in [5.74, 6) is -1.14. The van der Waals surface area contributed by atoms with Crippen molar-refractivity contribution in [2.75, 3.05) is 11.9 Å². The van der Waals surface area contributed by atoms with Crippen molar-refractivity contribution in [1.82, 2.24) is 0 Å². The van der Waals surface area contributed by atoms with E-state index in [2.05, 4.69) is 0 Å². The number of hydrogen-bond donors (Lipinski definition) is 1. The molecule has 1 aromatic carbocycles. The molecular weight excluding hydrogens is 256 g/mol. The summed E-state index contributed by atoms with van der Waals surface area (Å²) >= 11 is 0. The molecule has 0 saturated carbocycles. The van der Waals surface area contributed by atoms with Crippen LogP contribution in [0.4, 0.5) is 5.69 Å². The Bertz CT molecular complexity index is 558. The molecule has 20 heavy (non-hydrogen) atoms. The summed E-state index contributed by atoms with van der Waals surface area (Å²) in [6.07, 6.45) is 0.0298. The van der Waals surface area contributed by atoms with Gasteiger partial charge < -0.3 is 10.0 Å². The maximum atomic E-state index is 12.2. The maximum Gasteiger partial charge on any atom is 0.303 e. The van der Waals surface area contributed by atoms with Gasteiger partial charge >= 0.3 is 5.97 Å². The van der Waals surface area contributed by atoms with Gasteiger partial charge in [0.25, 0.3) is 0 Å². The van der Waals surface area contributed by atoms with Crippen LogP contribution in [0.5, 0.6) is 0 Å². The molecule has 5 heteroatoms. The molecule has 0 spiro atoms. The van der Waals surface area contributed by atoms with E-state index in [1.165, 1.54) is 4.90 Å². The van der Waals surface area contributed by atoms with Gasteiger partial charge in [-0.3, -0.25) is 9.59 Å². The van der Waals surface area contributed by atoms with E-state index in [1.54, 1.807) is 45.2 Å². The van der Waals surface area contributed by atoms with Gasteiger partial charge in [-0.2, -0.15) is 5.26 Å². The van der Waals surface area contributed by atoms with Crippen LogP contribution in [0, 0.1) is 16.7 Å². The Morgan fingerprint density at radius 2 is 1.90 bits per heavy atom. The number of carboxylic acid groups (broad SMARTS) is 1. The van der Waals surface area contributed by atoms with Crippen molar-refractivity contribution in [1.29, 1.82) is 5.26 Å². The molecule has 106 valence electrons. The number of nitrogens with zero attached hydrogens (tertiary/aromatic N) is 2. The summed E-state index contributed by atoms with van der Waals surface area (Å²) in [4.78, 5) is 24.4. The van der Waals surface area contributed by atoms with Crippen LogP contribution in [0.3, 0.4) is 0 Å². The number of benzene rings is 1. The first kappa shape index (κ1) is 15.7. The molecule has 0 radical (unpaired) electrons. The van der Waals surface area contributed by atoms with E-state index in [0.717, 1.165) is 0 Å². The monoisotopic (exact) mass is 274 g/mol. The molecule has 0 bridgehead atoms. The van der Waals surface area contributed by atoms with Crippen LogP contribution in [0.1, 0.15) is 32.3 Å². The summed E-state index contributed by atoms with van der Waals surface area (Å²) < 4.78 is 0. The average Bonchev–Trinajstić information content (AvgIpc) is 2.35. The highest BCUT2D eigenvalue weighted by Crippen LogP contribution is 2.28. The Morgan fingerprint density at radius 1 is 1.30 bits per heavy atom. The van der Waals surface area contributed by atoms with Crippen molar-refractivity contribution >= 4 is 17.6 Å². The highest BCUT2D eigenvalue weighted by atomic mass is 16.4. The lowest BCUT2D eigenvalue weighted by atomic mass is 9.85. The number of carbonyl (C=O) groups excluding carboxylic acids is 1. The van der Waals surface area contributed by atoms with Gasteiger partial charge in [0.05, 0.1) is 17.7 Å². The average molecular weight is 274 g/mol. The lowest BCUT2D eigenvalue weighted by Crippen LogP contribution is -2.32. The zero-order valence-corrected chi connectivity index (χ0v) is 11.9. The number of anilines is 1. The van der Waals surface area contributed by atoms with E-state index < -0.39 is 11.4 Å². The van der Waals surface area contributed by atoms with E-state index in [0.29, 0.717) is 11.3 Å². The number of para-hydroxylation sites is 1. The lowest BCUT2D eigenvalue weighted by Gasteiger charge is -2.26. The minimum Gasteiger partial charge on any atom is -0.481 e. The first-order valence-electron chi connectivity index (χ1n) is 6.24. The van der Waals surface area contributed by atoms with Gasteiger partial charge in [-0.15, -0.1) is 0 Å². The Labute approximate surface area is 118 Å². The fourth-order valence-corrected chi connectivity index (χ4v) is 1.99. The molecule has 0 unspecified atom stereocenters. The molecule has 0 heterocycles. The second kappa shape index (κ2) is 6.20. The highest BCUT2D eigenvalue weighted by molar-refractivity contribution is 5.94. The normalized spacial score (nSPS) is 10.7. The molecule has 0 aliphatic carbocycles. The predicted molar refractivity (Wildman–Crippen MR) is 75.2 cm³/mol. The van der Waals surface area contributed by atoms with Crippen LogP contribution < -0.4 is 4.90 Å². The third kappa shape index (κ3) is 4.09. The predicted octanol–water partition coefficient (Wildman–Crippen LogP) is 2.41. The van der Waals surface area contributed by atoms with Crippen molar-refractivity contribution in [3.8, 4) is 6.07 Å². The Balaban J connectivity index is 2.88. The molecular formula is C15H18N2O3. The Hall–Kier alpha value is -2.35. The molecule has 0 aliphatic heterocycles. The van der Waals surface area contributed by atoms with Gasteiger partial charge in [-0.1, -0.05) is 26.0 Å². The smallest absolute Gasteiger partial charge is 0.303 e. The lowest BCUT2D eigenvalue weighted by molar-refractivity contribution is -0.139. The van der Waals surface area contributed by atoms with Gasteiger partial charge in [-0.25, -0.2) is 0 Å². The third-order valence-corrected chi connectivity index (χ3v) is 3.02. The fourth-order valence-electron chi connectivity index (χ4n) is 1.99. The SMILES string of the molecule is CN(C(=O)CC(C)(C)CC(=O)O)c1ccccc1C#N. The second-order valence-electron chi connectivity index (χ2n) is 5.49. The van der Waals surface area contributed by atoms with E-state index >= 15 is 0 Å². The van der Waals surface area contributed by atoms with Crippen LogP contribution in [0.15, 0.2) is 24.3 Å². The number of aliphatic carboxylic acids is 1. The van der Waals surface area contributed by atoms with Crippen molar-refractivity contribution in [3.05, 3.63) is 29.8 Å². The molecule has 0 atom stereocenters. The third-order valence-electron chi connectivity index (χ3n) is 3.02. The number of rotatable bonds is 5. The molecule has 1 N–H and O–H groups in total. The summed E-state index contributed by atoms with van der Waals surface area (Å²) in [6.45, 7) is 3.48. The standard InChI is InChI=1S/C15H18N2O3/c1-15(2,9-14(19)20)8-13(18)17(3)12-7-5-4-6-11(12)10-16/h4-7H,8-9H2,1-3H3,(H,19,20). The molecule has 0 saturated heterocycles. The molecule has 0 aromatic heterocycles. The molecule has 0 fully saturated rings. The highest BCUT2D eigenvalue weighted by Gasteiger charge is 2.27. The quantitative estimate of drug-likeness (QED) is 0.894. The zero-order valence-electron chi connectivity index (χ0n) is 11.9. The van der Waals surface area contributed by atoms with Crippen LogP contribution in [-0.4, -0.2) is 24.0 Å².